The second kappa shape index (κ2) is 8.80. The van der Waals surface area contributed by atoms with Crippen LogP contribution in [0, 0.1) is 5.92 Å². The molecule has 0 saturated carbocycles. The highest BCUT2D eigenvalue weighted by Gasteiger charge is 2.24. The number of nitrogens with one attached hydrogen (secondary N) is 2. The number of H-pyrrole nitrogens is 1. The number of thiazole rings is 1. The average Bonchev–Trinajstić information content (AvgIpc) is 3.38. The molecule has 1 aliphatic rings. The molecular formula is C23H22N4O2S3. The summed E-state index contributed by atoms with van der Waals surface area (Å²) in [6.45, 7) is 4.05. The molecule has 4 aromatic rings. The van der Waals surface area contributed by atoms with E-state index < -0.39 is 5.25 Å². The summed E-state index contributed by atoms with van der Waals surface area (Å²) in [7, 11) is 0. The number of aromatic amines is 1. The summed E-state index contributed by atoms with van der Waals surface area (Å²) < 4.78 is 0. The van der Waals surface area contributed by atoms with E-state index in [1.165, 1.54) is 28.0 Å². The van der Waals surface area contributed by atoms with Crippen LogP contribution in [0.15, 0.2) is 45.7 Å². The van der Waals surface area contributed by atoms with Crippen molar-refractivity contribution in [2.75, 3.05) is 5.32 Å². The molecule has 2 atom stereocenters. The zero-order valence-electron chi connectivity index (χ0n) is 17.7. The number of fused-ring (bicyclic) bond motifs is 3. The maximum Gasteiger partial charge on any atom is 0.260 e. The smallest absolute Gasteiger partial charge is 0.260 e. The van der Waals surface area contributed by atoms with Crippen LogP contribution < -0.4 is 10.9 Å². The van der Waals surface area contributed by atoms with E-state index >= 15 is 0 Å². The van der Waals surface area contributed by atoms with Crippen molar-refractivity contribution in [3.8, 4) is 11.3 Å². The molecule has 3 heterocycles. The molecular weight excluding hydrogens is 460 g/mol. The number of nitrogens with zero attached hydrogens (tertiary/aromatic N) is 2. The van der Waals surface area contributed by atoms with Gasteiger partial charge in [0.1, 0.15) is 4.83 Å². The second-order valence-corrected chi connectivity index (χ2v) is 11.3. The van der Waals surface area contributed by atoms with Gasteiger partial charge in [0.05, 0.1) is 16.3 Å². The Balaban J connectivity index is 1.30. The van der Waals surface area contributed by atoms with Crippen molar-refractivity contribution in [2.24, 2.45) is 5.92 Å². The maximum absolute atomic E-state index is 12.8. The van der Waals surface area contributed by atoms with Gasteiger partial charge in [0.25, 0.3) is 5.56 Å². The number of carbonyl (C=O) groups is 1. The Labute approximate surface area is 197 Å². The first-order valence-corrected chi connectivity index (χ1v) is 13.1. The molecule has 9 heteroatoms. The highest BCUT2D eigenvalue weighted by Crippen LogP contribution is 2.36. The molecule has 32 heavy (non-hydrogen) atoms. The summed E-state index contributed by atoms with van der Waals surface area (Å²) in [6, 6.07) is 9.85. The molecule has 6 nitrogen and oxygen atoms in total. The van der Waals surface area contributed by atoms with E-state index in [1.807, 2.05) is 35.7 Å². The molecule has 0 bridgehead atoms. The lowest BCUT2D eigenvalue weighted by Crippen LogP contribution is -2.23. The number of rotatable bonds is 5. The summed E-state index contributed by atoms with van der Waals surface area (Å²) in [4.78, 5) is 39.6. The lowest BCUT2D eigenvalue weighted by Gasteiger charge is -2.17. The fourth-order valence-corrected chi connectivity index (χ4v) is 6.85. The van der Waals surface area contributed by atoms with Gasteiger partial charge in [-0.3, -0.25) is 9.59 Å². The first-order chi connectivity index (χ1) is 15.5. The van der Waals surface area contributed by atoms with Gasteiger partial charge in [0.15, 0.2) is 10.3 Å². The minimum atomic E-state index is -0.436. The zero-order chi connectivity index (χ0) is 22.2. The molecule has 1 aliphatic carbocycles. The van der Waals surface area contributed by atoms with Crippen molar-refractivity contribution >= 4 is 55.7 Å². The Kier molecular flexibility index (Phi) is 5.88. The van der Waals surface area contributed by atoms with Crippen molar-refractivity contribution in [1.82, 2.24) is 15.0 Å². The summed E-state index contributed by atoms with van der Waals surface area (Å²) in [5.41, 5.74) is 2.90. The van der Waals surface area contributed by atoms with Crippen molar-refractivity contribution < 1.29 is 4.79 Å². The molecule has 1 aromatic carbocycles. The first-order valence-electron chi connectivity index (χ1n) is 10.5. The van der Waals surface area contributed by atoms with E-state index in [2.05, 4.69) is 27.2 Å². The monoisotopic (exact) mass is 482 g/mol. The molecule has 2 unspecified atom stereocenters. The number of hydrogen-bond donors (Lipinski definition) is 2. The van der Waals surface area contributed by atoms with Crippen molar-refractivity contribution in [3.63, 3.8) is 0 Å². The maximum atomic E-state index is 12.8. The van der Waals surface area contributed by atoms with E-state index in [1.54, 1.807) is 18.3 Å². The van der Waals surface area contributed by atoms with Gasteiger partial charge >= 0.3 is 0 Å². The van der Waals surface area contributed by atoms with Crippen molar-refractivity contribution in [2.45, 2.75) is 43.5 Å². The van der Waals surface area contributed by atoms with E-state index in [9.17, 15) is 9.59 Å². The molecule has 5 rings (SSSR count). The van der Waals surface area contributed by atoms with E-state index in [4.69, 9.17) is 0 Å². The third-order valence-corrected chi connectivity index (χ3v) is 8.50. The number of aromatic nitrogens is 3. The van der Waals surface area contributed by atoms with Crippen LogP contribution in [-0.4, -0.2) is 26.1 Å². The van der Waals surface area contributed by atoms with Gasteiger partial charge in [-0.15, -0.1) is 22.7 Å². The van der Waals surface area contributed by atoms with Gasteiger partial charge in [-0.2, -0.15) is 0 Å². The lowest BCUT2D eigenvalue weighted by atomic mass is 9.89. The van der Waals surface area contributed by atoms with E-state index in [-0.39, 0.29) is 11.5 Å². The predicted molar refractivity (Wildman–Crippen MR) is 133 cm³/mol. The average molecular weight is 483 g/mol. The Morgan fingerprint density at radius 1 is 1.28 bits per heavy atom. The third kappa shape index (κ3) is 4.24. The molecule has 0 fully saturated rings. The van der Waals surface area contributed by atoms with Gasteiger partial charge in [0, 0.05) is 15.8 Å². The third-order valence-electron chi connectivity index (χ3n) is 5.61. The first kappa shape index (κ1) is 21.4. The molecule has 0 spiro atoms. The highest BCUT2D eigenvalue weighted by molar-refractivity contribution is 8.00. The number of hydrogen-bond acceptors (Lipinski definition) is 7. The van der Waals surface area contributed by atoms with Gasteiger partial charge in [-0.05, 0) is 37.7 Å². The Morgan fingerprint density at radius 2 is 2.09 bits per heavy atom. The summed E-state index contributed by atoms with van der Waals surface area (Å²) in [5, 5.41) is 6.13. The zero-order valence-corrected chi connectivity index (χ0v) is 20.1. The number of thiophene rings is 1. The summed E-state index contributed by atoms with van der Waals surface area (Å²) >= 11 is 4.26. The second-order valence-electron chi connectivity index (χ2n) is 8.06. The largest absolute Gasteiger partial charge is 0.301 e. The number of benzene rings is 1. The van der Waals surface area contributed by atoms with Crippen LogP contribution in [0.2, 0.25) is 0 Å². The fourth-order valence-electron chi connectivity index (χ4n) is 3.89. The van der Waals surface area contributed by atoms with Gasteiger partial charge in [-0.1, -0.05) is 49.0 Å². The SMILES string of the molecule is CC1CCc2c(sc3nc(SC(C)C(=O)Nc4nc(-c5ccccc5)cs4)[nH]c(=O)c23)C1. The standard InChI is InChI=1S/C23H22N4O2S3/c1-12-8-9-15-17(10-12)32-21-18(15)20(29)26-23(27-21)31-13(2)19(28)25-22-24-16(11-30-22)14-6-4-3-5-7-14/h3-7,11-13H,8-10H2,1-2H3,(H,24,25,28)(H,26,27,29). The predicted octanol–water partition coefficient (Wildman–Crippen LogP) is 5.35. The van der Waals surface area contributed by atoms with Gasteiger partial charge in [0.2, 0.25) is 5.91 Å². The van der Waals surface area contributed by atoms with E-state index in [0.29, 0.717) is 16.2 Å². The van der Waals surface area contributed by atoms with Crippen LogP contribution in [0.4, 0.5) is 5.13 Å². The molecule has 2 N–H and O–H groups in total. The Bertz CT molecular complexity index is 1340. The minimum Gasteiger partial charge on any atom is -0.301 e. The van der Waals surface area contributed by atoms with Crippen molar-refractivity contribution in [3.05, 3.63) is 56.5 Å². The number of thioether (sulfide) groups is 1. The topological polar surface area (TPSA) is 87.7 Å². The molecule has 1 amide bonds. The van der Waals surface area contributed by atoms with Crippen molar-refractivity contribution in [1.29, 1.82) is 0 Å². The van der Waals surface area contributed by atoms with Crippen LogP contribution in [0.5, 0.6) is 0 Å². The minimum absolute atomic E-state index is 0.107. The Morgan fingerprint density at radius 3 is 2.91 bits per heavy atom. The quantitative estimate of drug-likeness (QED) is 0.296. The Hall–Kier alpha value is -2.49. The molecule has 164 valence electrons. The number of amides is 1. The number of anilines is 1. The van der Waals surface area contributed by atoms with Crippen LogP contribution in [0.1, 0.15) is 30.7 Å². The lowest BCUT2D eigenvalue weighted by molar-refractivity contribution is -0.115. The van der Waals surface area contributed by atoms with Crippen LogP contribution in [0.25, 0.3) is 21.5 Å². The molecule has 0 saturated heterocycles. The number of aryl methyl sites for hydroxylation is 1. The molecule has 0 aliphatic heterocycles. The molecule has 0 radical (unpaired) electrons. The summed E-state index contributed by atoms with van der Waals surface area (Å²) in [6.07, 6.45) is 3.05. The van der Waals surface area contributed by atoms with E-state index in [0.717, 1.165) is 46.3 Å². The number of carbonyl (C=O) groups excluding carboxylic acids is 1. The summed E-state index contributed by atoms with van der Waals surface area (Å²) in [5.74, 6) is 0.464. The highest BCUT2D eigenvalue weighted by atomic mass is 32.2. The van der Waals surface area contributed by atoms with Crippen LogP contribution >= 0.6 is 34.4 Å². The van der Waals surface area contributed by atoms with Gasteiger partial charge < -0.3 is 10.3 Å². The van der Waals surface area contributed by atoms with Crippen LogP contribution in [-0.2, 0) is 17.6 Å². The van der Waals surface area contributed by atoms with Crippen LogP contribution in [0.3, 0.4) is 0 Å². The normalized spacial score (nSPS) is 16.6. The fraction of sp³-hybridized carbons (Fsp3) is 0.304. The van der Waals surface area contributed by atoms with Gasteiger partial charge in [-0.25, -0.2) is 9.97 Å². The molecule has 3 aromatic heterocycles.